The standard InChI is InChI=1S/C14H20N2O2S/c17-13(18)12-9-19-14(16(12)11-7-8-11)15-10-5-3-1-2-4-6-10/h9-11H,1-8H2,(H,17,18). The first kappa shape index (κ1) is 12.9. The average molecular weight is 280 g/mol. The van der Waals surface area contributed by atoms with Gasteiger partial charge in [-0.15, -0.1) is 11.3 Å². The number of rotatable bonds is 3. The predicted octanol–water partition coefficient (Wildman–Crippen LogP) is 3.21. The molecule has 0 amide bonds. The third-order valence-electron chi connectivity index (χ3n) is 3.99. The first-order chi connectivity index (χ1) is 9.25. The van der Waals surface area contributed by atoms with Gasteiger partial charge in [-0.25, -0.2) is 4.79 Å². The van der Waals surface area contributed by atoms with Crippen LogP contribution in [0.3, 0.4) is 0 Å². The molecule has 1 aromatic rings. The fourth-order valence-electron chi connectivity index (χ4n) is 2.80. The summed E-state index contributed by atoms with van der Waals surface area (Å²) in [6.07, 6.45) is 9.65. The molecule has 4 nitrogen and oxygen atoms in total. The molecule has 1 heterocycles. The van der Waals surface area contributed by atoms with Crippen LogP contribution < -0.4 is 4.80 Å². The molecule has 0 saturated heterocycles. The van der Waals surface area contributed by atoms with Crippen molar-refractivity contribution in [3.8, 4) is 0 Å². The van der Waals surface area contributed by atoms with Crippen LogP contribution in [0, 0.1) is 0 Å². The summed E-state index contributed by atoms with van der Waals surface area (Å²) >= 11 is 1.49. The lowest BCUT2D eigenvalue weighted by molar-refractivity contribution is 0.0684. The van der Waals surface area contributed by atoms with Gasteiger partial charge in [0.2, 0.25) is 0 Å². The molecule has 0 radical (unpaired) electrons. The lowest BCUT2D eigenvalue weighted by Crippen LogP contribution is -2.21. The smallest absolute Gasteiger partial charge is 0.353 e. The van der Waals surface area contributed by atoms with E-state index in [9.17, 15) is 9.90 Å². The van der Waals surface area contributed by atoms with Crippen LogP contribution in [0.5, 0.6) is 0 Å². The molecule has 0 aliphatic heterocycles. The molecule has 19 heavy (non-hydrogen) atoms. The van der Waals surface area contributed by atoms with Crippen LogP contribution in [0.1, 0.15) is 67.9 Å². The molecular formula is C14H20N2O2S. The van der Waals surface area contributed by atoms with Crippen LogP contribution in [0.25, 0.3) is 0 Å². The van der Waals surface area contributed by atoms with Crippen LogP contribution in [-0.2, 0) is 0 Å². The van der Waals surface area contributed by atoms with Crippen molar-refractivity contribution >= 4 is 17.3 Å². The molecule has 0 atom stereocenters. The van der Waals surface area contributed by atoms with E-state index >= 15 is 0 Å². The van der Waals surface area contributed by atoms with Crippen LogP contribution in [-0.4, -0.2) is 21.7 Å². The molecule has 0 aromatic carbocycles. The number of hydrogen-bond acceptors (Lipinski definition) is 3. The summed E-state index contributed by atoms with van der Waals surface area (Å²) in [6.45, 7) is 0. The Morgan fingerprint density at radius 3 is 2.47 bits per heavy atom. The van der Waals surface area contributed by atoms with E-state index in [-0.39, 0.29) is 0 Å². The Balaban J connectivity index is 1.92. The zero-order valence-corrected chi connectivity index (χ0v) is 11.9. The average Bonchev–Trinajstić information content (AvgIpc) is 3.16. The maximum atomic E-state index is 11.3. The fraction of sp³-hybridized carbons (Fsp3) is 0.714. The predicted molar refractivity (Wildman–Crippen MR) is 74.6 cm³/mol. The number of aromatic carboxylic acids is 1. The number of carbonyl (C=O) groups is 1. The quantitative estimate of drug-likeness (QED) is 0.864. The van der Waals surface area contributed by atoms with Crippen molar-refractivity contribution in [2.75, 3.05) is 0 Å². The summed E-state index contributed by atoms with van der Waals surface area (Å²) in [4.78, 5) is 17.0. The number of carboxylic acids is 1. The highest BCUT2D eigenvalue weighted by Crippen LogP contribution is 2.35. The van der Waals surface area contributed by atoms with Crippen LogP contribution in [0.2, 0.25) is 0 Å². The number of thiazole rings is 1. The lowest BCUT2D eigenvalue weighted by atomic mass is 10.1. The first-order valence-electron chi connectivity index (χ1n) is 7.23. The molecule has 2 saturated carbocycles. The number of carboxylic acid groups (broad SMARTS) is 1. The van der Waals surface area contributed by atoms with E-state index in [1.807, 2.05) is 4.57 Å². The van der Waals surface area contributed by atoms with E-state index in [4.69, 9.17) is 4.99 Å². The second kappa shape index (κ2) is 5.49. The SMILES string of the molecule is O=C(O)c1csc(=NC2CCCCCC2)n1C1CC1. The van der Waals surface area contributed by atoms with Gasteiger partial charge in [0.05, 0.1) is 6.04 Å². The molecule has 104 valence electrons. The molecule has 0 spiro atoms. The van der Waals surface area contributed by atoms with Crippen molar-refractivity contribution in [1.29, 1.82) is 0 Å². The van der Waals surface area contributed by atoms with Crippen LogP contribution in [0.15, 0.2) is 10.4 Å². The zero-order valence-electron chi connectivity index (χ0n) is 11.0. The van der Waals surface area contributed by atoms with Gasteiger partial charge in [0, 0.05) is 11.4 Å². The Hall–Kier alpha value is -1.10. The number of aromatic nitrogens is 1. The summed E-state index contributed by atoms with van der Waals surface area (Å²) in [5.74, 6) is -0.828. The van der Waals surface area contributed by atoms with Crippen LogP contribution >= 0.6 is 11.3 Å². The van der Waals surface area contributed by atoms with E-state index in [1.54, 1.807) is 5.38 Å². The van der Waals surface area contributed by atoms with Crippen molar-refractivity contribution < 1.29 is 9.90 Å². The second-order valence-corrected chi connectivity index (χ2v) is 6.42. The topological polar surface area (TPSA) is 54.6 Å². The van der Waals surface area contributed by atoms with E-state index < -0.39 is 5.97 Å². The summed E-state index contributed by atoms with van der Waals surface area (Å²) < 4.78 is 1.96. The minimum atomic E-state index is -0.828. The Kier molecular flexibility index (Phi) is 3.73. The molecule has 2 fully saturated rings. The summed E-state index contributed by atoms with van der Waals surface area (Å²) in [7, 11) is 0. The highest BCUT2D eigenvalue weighted by Gasteiger charge is 2.29. The van der Waals surface area contributed by atoms with Gasteiger partial charge in [0.25, 0.3) is 0 Å². The molecule has 1 aromatic heterocycles. The van der Waals surface area contributed by atoms with Crippen molar-refractivity contribution in [2.24, 2.45) is 4.99 Å². The van der Waals surface area contributed by atoms with Gasteiger partial charge in [-0.05, 0) is 25.7 Å². The Morgan fingerprint density at radius 2 is 1.89 bits per heavy atom. The van der Waals surface area contributed by atoms with Gasteiger partial charge in [0.15, 0.2) is 4.80 Å². The fourth-order valence-corrected chi connectivity index (χ4v) is 3.80. The van der Waals surface area contributed by atoms with Crippen LogP contribution in [0.4, 0.5) is 0 Å². The Bertz CT molecular complexity index is 520. The highest BCUT2D eigenvalue weighted by atomic mass is 32.1. The molecule has 1 N–H and O–H groups in total. The Morgan fingerprint density at radius 1 is 1.21 bits per heavy atom. The maximum Gasteiger partial charge on any atom is 0.353 e. The summed E-state index contributed by atoms with van der Waals surface area (Å²) in [5, 5.41) is 11.0. The molecule has 2 aliphatic carbocycles. The minimum Gasteiger partial charge on any atom is -0.477 e. The number of nitrogens with zero attached hydrogens (tertiary/aromatic N) is 2. The third-order valence-corrected chi connectivity index (χ3v) is 4.84. The van der Waals surface area contributed by atoms with Crippen molar-refractivity contribution in [3.05, 3.63) is 15.9 Å². The van der Waals surface area contributed by atoms with Gasteiger partial charge >= 0.3 is 5.97 Å². The van der Waals surface area contributed by atoms with Gasteiger partial charge in [0.1, 0.15) is 5.69 Å². The first-order valence-corrected chi connectivity index (χ1v) is 8.11. The van der Waals surface area contributed by atoms with Crippen molar-refractivity contribution in [2.45, 2.75) is 63.5 Å². The van der Waals surface area contributed by atoms with E-state index in [0.29, 0.717) is 17.8 Å². The van der Waals surface area contributed by atoms with Gasteiger partial charge < -0.3 is 9.67 Å². The zero-order chi connectivity index (χ0) is 13.2. The molecule has 3 rings (SSSR count). The maximum absolute atomic E-state index is 11.3. The van der Waals surface area contributed by atoms with E-state index in [1.165, 1.54) is 37.0 Å². The largest absolute Gasteiger partial charge is 0.477 e. The van der Waals surface area contributed by atoms with E-state index in [0.717, 1.165) is 30.5 Å². The second-order valence-electron chi connectivity index (χ2n) is 5.58. The molecular weight excluding hydrogens is 260 g/mol. The molecule has 2 aliphatic rings. The highest BCUT2D eigenvalue weighted by molar-refractivity contribution is 7.07. The van der Waals surface area contributed by atoms with Gasteiger partial charge in [-0.2, -0.15) is 0 Å². The monoisotopic (exact) mass is 280 g/mol. The van der Waals surface area contributed by atoms with Gasteiger partial charge in [-0.3, -0.25) is 4.99 Å². The Labute approximate surface area is 116 Å². The normalized spacial score (nSPS) is 22.4. The molecule has 5 heteroatoms. The van der Waals surface area contributed by atoms with Crippen molar-refractivity contribution in [1.82, 2.24) is 4.57 Å². The lowest BCUT2D eigenvalue weighted by Gasteiger charge is -2.08. The van der Waals surface area contributed by atoms with E-state index in [2.05, 4.69) is 0 Å². The van der Waals surface area contributed by atoms with Gasteiger partial charge in [-0.1, -0.05) is 25.7 Å². The summed E-state index contributed by atoms with van der Waals surface area (Å²) in [5.41, 5.74) is 0.417. The minimum absolute atomic E-state index is 0.377. The number of hydrogen-bond donors (Lipinski definition) is 1. The molecule has 0 unspecified atom stereocenters. The summed E-state index contributed by atoms with van der Waals surface area (Å²) in [6, 6.07) is 0.773. The third kappa shape index (κ3) is 2.91. The molecule has 0 bridgehead atoms. The van der Waals surface area contributed by atoms with Crippen molar-refractivity contribution in [3.63, 3.8) is 0 Å².